The molecule has 0 amide bonds. The van der Waals surface area contributed by atoms with Gasteiger partial charge in [0.25, 0.3) is 0 Å². The third-order valence-electron chi connectivity index (χ3n) is 7.46. The van der Waals surface area contributed by atoms with Crippen LogP contribution in [0.5, 0.6) is 0 Å². The summed E-state index contributed by atoms with van der Waals surface area (Å²) >= 11 is 3.80. The van der Waals surface area contributed by atoms with Gasteiger partial charge in [-0.25, -0.2) is 0 Å². The second-order valence-electron chi connectivity index (χ2n) is 9.18. The summed E-state index contributed by atoms with van der Waals surface area (Å²) in [7, 11) is 1.77. The van der Waals surface area contributed by atoms with E-state index < -0.39 is 0 Å². The van der Waals surface area contributed by atoms with Gasteiger partial charge in [0, 0.05) is 84.7 Å². The number of nitrogens with one attached hydrogen (secondary N) is 2. The molecule has 3 heterocycles. The molecule has 1 aliphatic carbocycles. The normalized spacial score (nSPS) is 19.9. The number of piperazine rings is 1. The van der Waals surface area contributed by atoms with Gasteiger partial charge in [-0.05, 0) is 58.1 Å². The minimum absolute atomic E-state index is 0.104. The second kappa shape index (κ2) is 8.08. The zero-order valence-electron chi connectivity index (χ0n) is 18.7. The number of hydrogen-bond donors (Lipinski definition) is 2. The lowest BCUT2D eigenvalue weighted by Gasteiger charge is -2.42. The van der Waals surface area contributed by atoms with Gasteiger partial charge in [-0.3, -0.25) is 9.79 Å². The average Bonchev–Trinajstić information content (AvgIpc) is 3.24. The number of ether oxygens (including phenoxy) is 1. The Morgan fingerprint density at radius 1 is 1.15 bits per heavy atom. The van der Waals surface area contributed by atoms with Gasteiger partial charge in [-0.15, -0.1) is 0 Å². The van der Waals surface area contributed by atoms with Crippen LogP contribution in [0.15, 0.2) is 39.8 Å². The van der Waals surface area contributed by atoms with Crippen LogP contribution in [0.4, 0.5) is 5.69 Å². The summed E-state index contributed by atoms with van der Waals surface area (Å²) in [4.78, 5) is 24.2. The number of fused-ring (bicyclic) bond motifs is 6. The zero-order chi connectivity index (χ0) is 22.6. The van der Waals surface area contributed by atoms with Gasteiger partial charge in [0.1, 0.15) is 0 Å². The van der Waals surface area contributed by atoms with Crippen molar-refractivity contribution in [2.75, 3.05) is 51.3 Å². The largest absolute Gasteiger partial charge is 0.381 e. The quantitative estimate of drug-likeness (QED) is 0.514. The Kier molecular flexibility index (Phi) is 5.16. The molecule has 0 unspecified atom stereocenters. The van der Waals surface area contributed by atoms with Crippen molar-refractivity contribution in [2.24, 2.45) is 4.99 Å². The van der Waals surface area contributed by atoms with E-state index in [1.165, 1.54) is 5.69 Å². The molecule has 33 heavy (non-hydrogen) atoms. The van der Waals surface area contributed by atoms with Gasteiger partial charge in [0.15, 0.2) is 5.78 Å². The Labute approximate surface area is 201 Å². The Balaban J connectivity index is 1.59. The summed E-state index contributed by atoms with van der Waals surface area (Å²) < 4.78 is 6.79. The highest BCUT2D eigenvalue weighted by molar-refractivity contribution is 9.10. The molecule has 1 aromatic heterocycles. The highest BCUT2D eigenvalue weighted by atomic mass is 79.9. The predicted octanol–water partition coefficient (Wildman–Crippen LogP) is 4.03. The number of carbonyl (C=O) groups excluding carboxylic acids is 1. The molecular formula is C26H27BrN4O2. The molecule has 0 atom stereocenters. The van der Waals surface area contributed by atoms with Gasteiger partial charge in [-0.1, -0.05) is 12.1 Å². The van der Waals surface area contributed by atoms with Crippen LogP contribution < -0.4 is 10.2 Å². The fourth-order valence-electron chi connectivity index (χ4n) is 5.84. The molecule has 0 radical (unpaired) electrons. The van der Waals surface area contributed by atoms with Gasteiger partial charge < -0.3 is 19.9 Å². The predicted molar refractivity (Wildman–Crippen MR) is 135 cm³/mol. The number of hydrogen-bond acceptors (Lipinski definition) is 5. The molecule has 0 saturated carbocycles. The van der Waals surface area contributed by atoms with E-state index in [4.69, 9.17) is 4.74 Å². The monoisotopic (exact) mass is 506 g/mol. The van der Waals surface area contributed by atoms with Gasteiger partial charge in [-0.2, -0.15) is 0 Å². The standard InChI is InChI=1S/C26H27BrN4O2/c1-28-15-16-2-3-17-21(12-16)30-25-23(17)24(32)18-13-20(27)22(31-8-6-29-7-9-31)14-19(18)26(25)4-10-33-11-5-26/h2-3,12-15,29-30H,4-11H2,1H3/b28-15-. The Morgan fingerprint density at radius 3 is 2.70 bits per heavy atom. The van der Waals surface area contributed by atoms with Gasteiger partial charge in [0.2, 0.25) is 0 Å². The van der Waals surface area contributed by atoms with E-state index >= 15 is 0 Å². The number of aromatic amines is 1. The molecular weight excluding hydrogens is 480 g/mol. The van der Waals surface area contributed by atoms with E-state index in [0.29, 0.717) is 13.2 Å². The Bertz CT molecular complexity index is 1280. The maximum absolute atomic E-state index is 13.9. The van der Waals surface area contributed by atoms with Crippen molar-refractivity contribution in [3.63, 3.8) is 0 Å². The maximum atomic E-state index is 13.9. The second-order valence-corrected chi connectivity index (χ2v) is 10.0. The Hall–Kier alpha value is -2.48. The molecule has 6 rings (SSSR count). The van der Waals surface area contributed by atoms with E-state index in [-0.39, 0.29) is 11.2 Å². The molecule has 0 bridgehead atoms. The van der Waals surface area contributed by atoms with Crippen LogP contribution in [0.3, 0.4) is 0 Å². The number of aromatic nitrogens is 1. The Morgan fingerprint density at radius 2 is 1.94 bits per heavy atom. The number of halogens is 1. The number of aliphatic imine (C=N–C) groups is 1. The van der Waals surface area contributed by atoms with E-state index in [1.54, 1.807) is 7.05 Å². The van der Waals surface area contributed by atoms with Crippen LogP contribution in [0.2, 0.25) is 0 Å². The van der Waals surface area contributed by atoms with Crippen LogP contribution in [-0.4, -0.2) is 63.4 Å². The topological polar surface area (TPSA) is 69.7 Å². The lowest BCUT2D eigenvalue weighted by atomic mass is 9.64. The fraction of sp³-hybridized carbons (Fsp3) is 0.385. The third kappa shape index (κ3) is 3.21. The molecule has 2 aromatic carbocycles. The van der Waals surface area contributed by atoms with Crippen molar-refractivity contribution in [1.29, 1.82) is 0 Å². The third-order valence-corrected chi connectivity index (χ3v) is 8.09. The van der Waals surface area contributed by atoms with Crippen molar-refractivity contribution in [3.8, 4) is 0 Å². The number of ketones is 1. The molecule has 2 N–H and O–H groups in total. The summed E-state index contributed by atoms with van der Waals surface area (Å²) in [6.07, 6.45) is 3.56. The van der Waals surface area contributed by atoms with Crippen LogP contribution in [0.25, 0.3) is 10.9 Å². The van der Waals surface area contributed by atoms with Crippen LogP contribution >= 0.6 is 15.9 Å². The highest BCUT2D eigenvalue weighted by Gasteiger charge is 2.47. The first kappa shape index (κ1) is 21.1. The molecule has 2 saturated heterocycles. The minimum atomic E-state index is -0.252. The van der Waals surface area contributed by atoms with Crippen LogP contribution in [-0.2, 0) is 10.2 Å². The fourth-order valence-corrected chi connectivity index (χ4v) is 6.44. The van der Waals surface area contributed by atoms with Crippen LogP contribution in [0.1, 0.15) is 45.6 Å². The maximum Gasteiger partial charge on any atom is 0.195 e. The SMILES string of the molecule is C/N=C\c1ccc2c3c([nH]c2c1)C1(CCOCC1)c1cc(N2CCNCC2)c(Br)cc1C3=O. The molecule has 1 spiro atoms. The number of rotatable bonds is 2. The van der Waals surface area contributed by atoms with Crippen molar-refractivity contribution in [2.45, 2.75) is 18.3 Å². The van der Waals surface area contributed by atoms with Crippen molar-refractivity contribution in [1.82, 2.24) is 10.3 Å². The smallest absolute Gasteiger partial charge is 0.195 e. The zero-order valence-corrected chi connectivity index (χ0v) is 20.3. The lowest BCUT2D eigenvalue weighted by molar-refractivity contribution is 0.0602. The number of nitrogens with zero attached hydrogens (tertiary/aromatic N) is 2. The van der Waals surface area contributed by atoms with Crippen LogP contribution in [0, 0.1) is 0 Å². The number of benzene rings is 2. The van der Waals surface area contributed by atoms with E-state index in [9.17, 15) is 4.79 Å². The summed E-state index contributed by atoms with van der Waals surface area (Å²) in [6.45, 7) is 5.24. The molecule has 170 valence electrons. The summed E-state index contributed by atoms with van der Waals surface area (Å²) in [5, 5.41) is 4.42. The number of anilines is 1. The first-order valence-corrected chi connectivity index (χ1v) is 12.4. The molecule has 3 aliphatic rings. The highest BCUT2D eigenvalue weighted by Crippen LogP contribution is 2.51. The lowest BCUT2D eigenvalue weighted by Crippen LogP contribution is -2.44. The van der Waals surface area contributed by atoms with Crippen molar-refractivity contribution >= 4 is 44.5 Å². The minimum Gasteiger partial charge on any atom is -0.381 e. The number of carbonyl (C=O) groups is 1. The molecule has 7 heteroatoms. The van der Waals surface area contributed by atoms with E-state index in [2.05, 4.69) is 60.4 Å². The average molecular weight is 507 g/mol. The van der Waals surface area contributed by atoms with E-state index in [1.807, 2.05) is 12.3 Å². The van der Waals surface area contributed by atoms with Crippen molar-refractivity contribution in [3.05, 3.63) is 62.8 Å². The molecule has 6 nitrogen and oxygen atoms in total. The number of H-pyrrole nitrogens is 1. The summed E-state index contributed by atoms with van der Waals surface area (Å²) in [6, 6.07) is 10.5. The molecule has 3 aromatic rings. The van der Waals surface area contributed by atoms with Gasteiger partial charge >= 0.3 is 0 Å². The van der Waals surface area contributed by atoms with E-state index in [0.717, 1.165) is 82.3 Å². The van der Waals surface area contributed by atoms with Gasteiger partial charge in [0.05, 0.1) is 11.3 Å². The molecule has 2 aliphatic heterocycles. The summed E-state index contributed by atoms with van der Waals surface area (Å²) in [5.74, 6) is 0.104. The summed E-state index contributed by atoms with van der Waals surface area (Å²) in [5.41, 5.74) is 6.77. The first-order chi connectivity index (χ1) is 16.1. The van der Waals surface area contributed by atoms with Crippen molar-refractivity contribution < 1.29 is 9.53 Å². The molecule has 2 fully saturated rings. The first-order valence-electron chi connectivity index (χ1n) is 11.6.